The average molecular weight is 255 g/mol. The van der Waals surface area contributed by atoms with Crippen molar-refractivity contribution in [3.8, 4) is 0 Å². The lowest BCUT2D eigenvalue weighted by Gasteiger charge is -2.10. The van der Waals surface area contributed by atoms with Crippen LogP contribution in [0, 0.1) is 5.82 Å². The van der Waals surface area contributed by atoms with Gasteiger partial charge in [-0.2, -0.15) is 0 Å². The van der Waals surface area contributed by atoms with Crippen LogP contribution in [0.15, 0.2) is 48.5 Å². The highest BCUT2D eigenvalue weighted by Crippen LogP contribution is 2.29. The van der Waals surface area contributed by atoms with Gasteiger partial charge in [0.25, 0.3) is 0 Å². The Bertz CT molecular complexity index is 417. The molecule has 1 atom stereocenters. The van der Waals surface area contributed by atoms with E-state index in [0.29, 0.717) is 5.02 Å². The minimum atomic E-state index is -0.280. The van der Waals surface area contributed by atoms with Crippen LogP contribution >= 0.6 is 23.2 Å². The quantitative estimate of drug-likeness (QED) is 0.675. The lowest BCUT2D eigenvalue weighted by Crippen LogP contribution is -1.92. The fourth-order valence-corrected chi connectivity index (χ4v) is 1.87. The van der Waals surface area contributed by atoms with Gasteiger partial charge in [0.05, 0.1) is 5.38 Å². The fraction of sp³-hybridized carbons (Fsp3) is 0.0769. The molecule has 0 saturated carbocycles. The third-order valence-electron chi connectivity index (χ3n) is 2.33. The molecular weight excluding hydrogens is 246 g/mol. The van der Waals surface area contributed by atoms with Crippen molar-refractivity contribution in [1.82, 2.24) is 0 Å². The highest BCUT2D eigenvalue weighted by atomic mass is 35.5. The molecule has 2 aromatic carbocycles. The summed E-state index contributed by atoms with van der Waals surface area (Å²) in [5.74, 6) is -0.260. The zero-order valence-corrected chi connectivity index (χ0v) is 9.84. The number of benzene rings is 2. The van der Waals surface area contributed by atoms with Gasteiger partial charge in [0.15, 0.2) is 0 Å². The van der Waals surface area contributed by atoms with Crippen LogP contribution in [0.25, 0.3) is 0 Å². The summed E-state index contributed by atoms with van der Waals surface area (Å²) in [6, 6.07) is 13.5. The van der Waals surface area contributed by atoms with Crippen molar-refractivity contribution in [1.29, 1.82) is 0 Å². The number of halogens is 3. The van der Waals surface area contributed by atoms with E-state index in [9.17, 15) is 4.39 Å². The van der Waals surface area contributed by atoms with Crippen LogP contribution in [0.3, 0.4) is 0 Å². The molecule has 2 rings (SSSR count). The Morgan fingerprint density at radius 2 is 1.25 bits per heavy atom. The summed E-state index contributed by atoms with van der Waals surface area (Å²) < 4.78 is 12.7. The Balaban J connectivity index is 2.28. The normalized spacial score (nSPS) is 12.4. The fourth-order valence-electron chi connectivity index (χ4n) is 1.46. The van der Waals surface area contributed by atoms with Gasteiger partial charge >= 0.3 is 0 Å². The lowest BCUT2D eigenvalue weighted by molar-refractivity contribution is 0.627. The molecule has 0 nitrogen and oxygen atoms in total. The standard InChI is InChI=1S/C13H9Cl2F/c14-11-5-1-9(2-6-11)13(15)10-3-7-12(16)8-4-10/h1-8,13H. The first kappa shape index (κ1) is 11.4. The third kappa shape index (κ3) is 2.55. The zero-order valence-electron chi connectivity index (χ0n) is 8.33. The van der Waals surface area contributed by atoms with Gasteiger partial charge in [0, 0.05) is 5.02 Å². The van der Waals surface area contributed by atoms with Crippen molar-refractivity contribution < 1.29 is 4.39 Å². The molecule has 0 bridgehead atoms. The van der Waals surface area contributed by atoms with Gasteiger partial charge in [-0.25, -0.2) is 4.39 Å². The molecule has 0 saturated heterocycles. The second-order valence-electron chi connectivity index (χ2n) is 3.47. The Labute approximate surface area is 104 Å². The van der Waals surface area contributed by atoms with Crippen molar-refractivity contribution in [2.24, 2.45) is 0 Å². The van der Waals surface area contributed by atoms with E-state index in [0.717, 1.165) is 11.1 Å². The van der Waals surface area contributed by atoms with Gasteiger partial charge in [0.2, 0.25) is 0 Å². The van der Waals surface area contributed by atoms with Crippen LogP contribution in [-0.4, -0.2) is 0 Å². The van der Waals surface area contributed by atoms with Crippen molar-refractivity contribution in [2.45, 2.75) is 5.38 Å². The molecule has 0 amide bonds. The van der Waals surface area contributed by atoms with Gasteiger partial charge in [0.1, 0.15) is 5.82 Å². The lowest BCUT2D eigenvalue weighted by atomic mass is 10.0. The molecule has 0 radical (unpaired) electrons. The van der Waals surface area contributed by atoms with E-state index < -0.39 is 0 Å². The molecule has 0 spiro atoms. The monoisotopic (exact) mass is 254 g/mol. The second-order valence-corrected chi connectivity index (χ2v) is 4.34. The van der Waals surface area contributed by atoms with Gasteiger partial charge in [-0.15, -0.1) is 11.6 Å². The summed E-state index contributed by atoms with van der Waals surface area (Å²) in [6.07, 6.45) is 0. The smallest absolute Gasteiger partial charge is 0.123 e. The van der Waals surface area contributed by atoms with Gasteiger partial charge in [-0.3, -0.25) is 0 Å². The van der Waals surface area contributed by atoms with Crippen LogP contribution in [0.4, 0.5) is 4.39 Å². The van der Waals surface area contributed by atoms with Crippen molar-refractivity contribution in [3.05, 3.63) is 70.5 Å². The third-order valence-corrected chi connectivity index (χ3v) is 3.08. The molecule has 0 aliphatic rings. The molecule has 3 heteroatoms. The van der Waals surface area contributed by atoms with E-state index in [1.54, 1.807) is 24.3 Å². The largest absolute Gasteiger partial charge is 0.207 e. The van der Waals surface area contributed by atoms with Crippen molar-refractivity contribution in [2.75, 3.05) is 0 Å². The molecule has 0 aromatic heterocycles. The maximum atomic E-state index is 12.7. The van der Waals surface area contributed by atoms with Crippen LogP contribution in [-0.2, 0) is 0 Å². The predicted octanol–water partition coefficient (Wildman–Crippen LogP) is 4.81. The Morgan fingerprint density at radius 3 is 1.75 bits per heavy atom. The molecular formula is C13H9Cl2F. The van der Waals surface area contributed by atoms with Gasteiger partial charge < -0.3 is 0 Å². The Kier molecular flexibility index (Phi) is 3.47. The SMILES string of the molecule is Fc1ccc(C(Cl)c2ccc(Cl)cc2)cc1. The first-order chi connectivity index (χ1) is 7.66. The average Bonchev–Trinajstić information content (AvgIpc) is 2.30. The molecule has 16 heavy (non-hydrogen) atoms. The van der Waals surface area contributed by atoms with Gasteiger partial charge in [-0.1, -0.05) is 35.9 Å². The second kappa shape index (κ2) is 4.86. The van der Waals surface area contributed by atoms with E-state index in [4.69, 9.17) is 23.2 Å². The van der Waals surface area contributed by atoms with Crippen molar-refractivity contribution >= 4 is 23.2 Å². The number of rotatable bonds is 2. The van der Waals surface area contributed by atoms with E-state index in [1.165, 1.54) is 12.1 Å². The van der Waals surface area contributed by atoms with Crippen LogP contribution in [0.1, 0.15) is 16.5 Å². The maximum absolute atomic E-state index is 12.7. The summed E-state index contributed by atoms with van der Waals surface area (Å²) in [7, 11) is 0. The molecule has 0 aliphatic heterocycles. The number of hydrogen-bond acceptors (Lipinski definition) is 0. The highest BCUT2D eigenvalue weighted by Gasteiger charge is 2.10. The van der Waals surface area contributed by atoms with Crippen LogP contribution in [0.2, 0.25) is 5.02 Å². The molecule has 82 valence electrons. The highest BCUT2D eigenvalue weighted by molar-refractivity contribution is 6.30. The summed E-state index contributed by atoms with van der Waals surface area (Å²) >= 11 is 12.1. The van der Waals surface area contributed by atoms with E-state index in [2.05, 4.69) is 0 Å². The van der Waals surface area contributed by atoms with Crippen molar-refractivity contribution in [3.63, 3.8) is 0 Å². The van der Waals surface area contributed by atoms with Crippen LogP contribution < -0.4 is 0 Å². The first-order valence-electron chi connectivity index (χ1n) is 4.82. The van der Waals surface area contributed by atoms with E-state index >= 15 is 0 Å². The summed E-state index contributed by atoms with van der Waals surface area (Å²) in [5, 5.41) is 0.393. The van der Waals surface area contributed by atoms with Crippen LogP contribution in [0.5, 0.6) is 0 Å². The summed E-state index contributed by atoms with van der Waals surface area (Å²) in [5.41, 5.74) is 1.81. The first-order valence-corrected chi connectivity index (χ1v) is 5.63. The topological polar surface area (TPSA) is 0 Å². The predicted molar refractivity (Wildman–Crippen MR) is 65.5 cm³/mol. The number of alkyl halides is 1. The Morgan fingerprint density at radius 1 is 0.812 bits per heavy atom. The zero-order chi connectivity index (χ0) is 11.5. The Hall–Kier alpha value is -1.05. The molecule has 1 unspecified atom stereocenters. The minimum absolute atomic E-state index is 0.260. The van der Waals surface area contributed by atoms with Gasteiger partial charge in [-0.05, 0) is 35.4 Å². The molecule has 0 aliphatic carbocycles. The molecule has 0 heterocycles. The molecule has 0 N–H and O–H groups in total. The summed E-state index contributed by atoms with van der Waals surface area (Å²) in [4.78, 5) is 0. The number of hydrogen-bond donors (Lipinski definition) is 0. The maximum Gasteiger partial charge on any atom is 0.123 e. The van der Waals surface area contributed by atoms with E-state index in [1.807, 2.05) is 12.1 Å². The summed E-state index contributed by atoms with van der Waals surface area (Å²) in [6.45, 7) is 0. The molecule has 0 fully saturated rings. The minimum Gasteiger partial charge on any atom is -0.207 e. The van der Waals surface area contributed by atoms with E-state index in [-0.39, 0.29) is 11.2 Å². The molecule has 2 aromatic rings.